The van der Waals surface area contributed by atoms with Gasteiger partial charge in [-0.3, -0.25) is 0 Å². The monoisotopic (exact) mass is 261 g/mol. The van der Waals surface area contributed by atoms with Gasteiger partial charge in [-0.25, -0.2) is 0 Å². The number of hydrogen-bond donors (Lipinski definition) is 1. The zero-order valence-electron chi connectivity index (χ0n) is 11.9. The summed E-state index contributed by atoms with van der Waals surface area (Å²) < 4.78 is 1.45. The molecule has 0 aliphatic carbocycles. The largest absolute Gasteiger partial charge is 0.312 e. The molecule has 0 saturated heterocycles. The Morgan fingerprint density at radius 2 is 1.83 bits per heavy atom. The number of fused-ring (bicyclic) bond motifs is 1. The molecule has 0 aliphatic rings. The molecule has 1 nitrogen and oxygen atoms in total. The van der Waals surface area contributed by atoms with Crippen LogP contribution < -0.4 is 5.32 Å². The summed E-state index contributed by atoms with van der Waals surface area (Å²) in [5, 5.41) is 4.95. The molecule has 2 aromatic rings. The van der Waals surface area contributed by atoms with Crippen LogP contribution in [0, 0.1) is 13.8 Å². The first-order valence-electron chi connectivity index (χ1n) is 6.89. The average molecular weight is 261 g/mol. The lowest BCUT2D eigenvalue weighted by Crippen LogP contribution is -2.11. The van der Waals surface area contributed by atoms with Gasteiger partial charge in [0.15, 0.2) is 0 Å². The van der Waals surface area contributed by atoms with Gasteiger partial charge in [0, 0.05) is 16.1 Å². The summed E-state index contributed by atoms with van der Waals surface area (Å²) in [6.45, 7) is 10.9. The van der Waals surface area contributed by atoms with Crippen molar-refractivity contribution in [2.75, 3.05) is 6.54 Å². The zero-order valence-corrected chi connectivity index (χ0v) is 12.7. The molecule has 0 radical (unpaired) electrons. The van der Waals surface area contributed by atoms with Crippen molar-refractivity contribution in [3.63, 3.8) is 0 Å². The minimum absolute atomic E-state index is 1.02. The highest BCUT2D eigenvalue weighted by Gasteiger charge is 2.12. The Morgan fingerprint density at radius 3 is 2.50 bits per heavy atom. The fraction of sp³-hybridized carbons (Fsp3) is 0.500. The molecule has 0 amide bonds. The van der Waals surface area contributed by atoms with Crippen molar-refractivity contribution in [1.82, 2.24) is 5.32 Å². The van der Waals surface area contributed by atoms with Crippen molar-refractivity contribution in [1.29, 1.82) is 0 Å². The fourth-order valence-corrected chi connectivity index (χ4v) is 3.66. The van der Waals surface area contributed by atoms with Crippen molar-refractivity contribution in [2.24, 2.45) is 0 Å². The fourth-order valence-electron chi connectivity index (χ4n) is 2.36. The highest BCUT2D eigenvalue weighted by Crippen LogP contribution is 2.34. The van der Waals surface area contributed by atoms with Crippen LogP contribution in [0.1, 0.15) is 41.8 Å². The molecule has 98 valence electrons. The Balaban J connectivity index is 2.52. The van der Waals surface area contributed by atoms with E-state index in [0.29, 0.717) is 0 Å². The van der Waals surface area contributed by atoms with E-state index in [0.717, 1.165) is 13.1 Å². The van der Waals surface area contributed by atoms with E-state index in [-0.39, 0.29) is 0 Å². The molecule has 1 N–H and O–H groups in total. The van der Waals surface area contributed by atoms with E-state index in [2.05, 4.69) is 45.1 Å². The molecule has 0 spiro atoms. The third-order valence-corrected chi connectivity index (χ3v) is 4.72. The van der Waals surface area contributed by atoms with Crippen molar-refractivity contribution in [2.45, 2.75) is 47.1 Å². The molecule has 0 aliphatic heterocycles. The molecule has 1 aromatic carbocycles. The molecule has 1 aromatic heterocycles. The maximum atomic E-state index is 3.46. The standard InChI is InChI=1S/C16H23NS/c1-5-7-13-14-8-11(3)12(4)9-15(14)18-16(13)10-17-6-2/h8-9,17H,5-7,10H2,1-4H3. The second kappa shape index (κ2) is 5.85. The molecular formula is C16H23NS. The normalized spacial score (nSPS) is 11.3. The van der Waals surface area contributed by atoms with Crippen LogP contribution in [0.3, 0.4) is 0 Å². The summed E-state index contributed by atoms with van der Waals surface area (Å²) >= 11 is 1.96. The van der Waals surface area contributed by atoms with Crippen molar-refractivity contribution >= 4 is 21.4 Å². The molecular weight excluding hydrogens is 238 g/mol. The van der Waals surface area contributed by atoms with E-state index >= 15 is 0 Å². The molecule has 2 heteroatoms. The Hall–Kier alpha value is -0.860. The third-order valence-electron chi connectivity index (χ3n) is 3.53. The Labute approximate surface area is 114 Å². The zero-order chi connectivity index (χ0) is 13.1. The van der Waals surface area contributed by atoms with Gasteiger partial charge in [0.25, 0.3) is 0 Å². The van der Waals surface area contributed by atoms with Crippen LogP contribution in [0.5, 0.6) is 0 Å². The summed E-state index contributed by atoms with van der Waals surface area (Å²) in [5.74, 6) is 0. The summed E-state index contributed by atoms with van der Waals surface area (Å²) in [6.07, 6.45) is 2.42. The summed E-state index contributed by atoms with van der Waals surface area (Å²) in [4.78, 5) is 1.53. The summed E-state index contributed by atoms with van der Waals surface area (Å²) in [5.41, 5.74) is 4.39. The van der Waals surface area contributed by atoms with E-state index in [4.69, 9.17) is 0 Å². The molecule has 0 bridgehead atoms. The van der Waals surface area contributed by atoms with Crippen molar-refractivity contribution in [3.8, 4) is 0 Å². The number of benzene rings is 1. The van der Waals surface area contributed by atoms with Gasteiger partial charge >= 0.3 is 0 Å². The van der Waals surface area contributed by atoms with E-state index in [9.17, 15) is 0 Å². The highest BCUT2D eigenvalue weighted by atomic mass is 32.1. The van der Waals surface area contributed by atoms with Gasteiger partial charge in [0.2, 0.25) is 0 Å². The van der Waals surface area contributed by atoms with Gasteiger partial charge in [0.1, 0.15) is 0 Å². The Morgan fingerprint density at radius 1 is 1.11 bits per heavy atom. The van der Waals surface area contributed by atoms with E-state index in [1.165, 1.54) is 38.9 Å². The van der Waals surface area contributed by atoms with Gasteiger partial charge in [-0.1, -0.05) is 26.3 Å². The third kappa shape index (κ3) is 2.60. The second-order valence-corrected chi connectivity index (χ2v) is 6.10. The van der Waals surface area contributed by atoms with Crippen LogP contribution in [0.4, 0.5) is 0 Å². The van der Waals surface area contributed by atoms with Gasteiger partial charge in [-0.15, -0.1) is 11.3 Å². The lowest BCUT2D eigenvalue weighted by Gasteiger charge is -2.05. The predicted octanol–water partition coefficient (Wildman–Crippen LogP) is 4.58. The first kappa shape index (κ1) is 13.6. The number of nitrogens with one attached hydrogen (secondary N) is 1. The molecule has 0 fully saturated rings. The summed E-state index contributed by atoms with van der Waals surface area (Å²) in [6, 6.07) is 4.73. The first-order chi connectivity index (χ1) is 8.67. The topological polar surface area (TPSA) is 12.0 Å². The quantitative estimate of drug-likeness (QED) is 0.830. The lowest BCUT2D eigenvalue weighted by atomic mass is 10.0. The average Bonchev–Trinajstić information content (AvgIpc) is 2.66. The van der Waals surface area contributed by atoms with Gasteiger partial charge < -0.3 is 5.32 Å². The van der Waals surface area contributed by atoms with E-state index in [1.54, 1.807) is 5.56 Å². The van der Waals surface area contributed by atoms with Gasteiger partial charge in [0.05, 0.1) is 0 Å². The predicted molar refractivity (Wildman–Crippen MR) is 82.7 cm³/mol. The SMILES string of the molecule is CCCc1c(CNCC)sc2cc(C)c(C)cc12. The molecule has 2 rings (SSSR count). The van der Waals surface area contributed by atoms with Crippen LogP contribution in [-0.2, 0) is 13.0 Å². The number of hydrogen-bond acceptors (Lipinski definition) is 2. The van der Waals surface area contributed by atoms with Crippen LogP contribution in [0.2, 0.25) is 0 Å². The lowest BCUT2D eigenvalue weighted by molar-refractivity contribution is 0.728. The first-order valence-corrected chi connectivity index (χ1v) is 7.71. The molecule has 0 atom stereocenters. The van der Waals surface area contributed by atoms with Gasteiger partial charge in [-0.2, -0.15) is 0 Å². The number of aryl methyl sites for hydroxylation is 3. The highest BCUT2D eigenvalue weighted by molar-refractivity contribution is 7.19. The molecule has 18 heavy (non-hydrogen) atoms. The number of rotatable bonds is 5. The van der Waals surface area contributed by atoms with E-state index < -0.39 is 0 Å². The van der Waals surface area contributed by atoms with Crippen LogP contribution in [0.15, 0.2) is 12.1 Å². The van der Waals surface area contributed by atoms with Crippen molar-refractivity contribution in [3.05, 3.63) is 33.7 Å². The van der Waals surface area contributed by atoms with Crippen LogP contribution in [-0.4, -0.2) is 6.54 Å². The number of thiophene rings is 1. The minimum Gasteiger partial charge on any atom is -0.312 e. The molecule has 0 unspecified atom stereocenters. The van der Waals surface area contributed by atoms with Crippen LogP contribution in [0.25, 0.3) is 10.1 Å². The second-order valence-electron chi connectivity index (χ2n) is 4.97. The minimum atomic E-state index is 1.02. The Bertz CT molecular complexity index is 540. The van der Waals surface area contributed by atoms with Crippen molar-refractivity contribution < 1.29 is 0 Å². The summed E-state index contributed by atoms with van der Waals surface area (Å²) in [7, 11) is 0. The maximum absolute atomic E-state index is 3.46. The molecule has 1 heterocycles. The maximum Gasteiger partial charge on any atom is 0.0351 e. The van der Waals surface area contributed by atoms with Crippen LogP contribution >= 0.6 is 11.3 Å². The smallest absolute Gasteiger partial charge is 0.0351 e. The van der Waals surface area contributed by atoms with Gasteiger partial charge in [-0.05, 0) is 55.0 Å². The molecule has 0 saturated carbocycles. The van der Waals surface area contributed by atoms with E-state index in [1.807, 2.05) is 11.3 Å². The Kier molecular flexibility index (Phi) is 4.41.